The quantitative estimate of drug-likeness (QED) is 0.299. The van der Waals surface area contributed by atoms with Crippen molar-refractivity contribution in [3.05, 3.63) is 15.9 Å². The summed E-state index contributed by atoms with van der Waals surface area (Å²) in [5.41, 5.74) is 3.19. The molecule has 0 aromatic carbocycles. The molecule has 62 valence electrons. The van der Waals surface area contributed by atoms with Gasteiger partial charge < -0.3 is 37.2 Å². The molecule has 0 amide bonds. The Balaban J connectivity index is -0.000000213. The van der Waals surface area contributed by atoms with E-state index in [4.69, 9.17) is 0 Å². The van der Waals surface area contributed by atoms with Crippen LogP contribution in [0.15, 0.2) is 15.9 Å². The first-order valence-corrected chi connectivity index (χ1v) is 7.99. The first-order chi connectivity index (χ1) is 3.72. The van der Waals surface area contributed by atoms with E-state index in [9.17, 15) is 0 Å². The molecule has 1 aliphatic rings. The van der Waals surface area contributed by atoms with Crippen LogP contribution in [0.4, 0.5) is 0 Å². The minimum atomic E-state index is -0.305. The molecule has 1 rings (SSSR count). The molecule has 0 saturated carbocycles. The van der Waals surface area contributed by atoms with Gasteiger partial charge in [-0.15, -0.1) is 0 Å². The van der Waals surface area contributed by atoms with Crippen LogP contribution in [0.2, 0.25) is 0 Å². The van der Waals surface area contributed by atoms with Crippen LogP contribution < -0.4 is 37.2 Å². The van der Waals surface area contributed by atoms with Crippen molar-refractivity contribution in [1.29, 1.82) is 0 Å². The third kappa shape index (κ3) is 5.43. The number of hydrogen-bond acceptors (Lipinski definition) is 0. The van der Waals surface area contributed by atoms with Gasteiger partial charge in [0, 0.05) is 0 Å². The summed E-state index contributed by atoms with van der Waals surface area (Å²) in [7, 11) is 0. The van der Waals surface area contributed by atoms with Crippen LogP contribution in [0, 0.1) is 0 Å². The normalized spacial score (nSPS) is 14.4. The average molecular weight is 487 g/mol. The second-order valence-electron chi connectivity index (χ2n) is 1.97. The average Bonchev–Trinajstić information content (AvgIpc) is 1.98. The Morgan fingerprint density at radius 3 is 1.73 bits per heavy atom. The van der Waals surface area contributed by atoms with Gasteiger partial charge in [-0.3, -0.25) is 0 Å². The molecule has 0 bridgehead atoms. The van der Waals surface area contributed by atoms with Crippen LogP contribution in [0.25, 0.3) is 0 Å². The molecule has 0 atom stereocenters. The number of rotatable bonds is 0. The minimum absolute atomic E-state index is 0. The van der Waals surface area contributed by atoms with E-state index in [0.29, 0.717) is 0 Å². The fourth-order valence-corrected chi connectivity index (χ4v) is 6.49. The van der Waals surface area contributed by atoms with E-state index in [1.165, 1.54) is 0 Å². The summed E-state index contributed by atoms with van der Waals surface area (Å²) in [5.74, 6) is 0. The molecule has 0 radical (unpaired) electrons. The Bertz CT molecular complexity index is 171. The van der Waals surface area contributed by atoms with Crippen LogP contribution in [-0.4, -0.2) is 23.2 Å². The van der Waals surface area contributed by atoms with E-state index < -0.39 is 0 Å². The fourth-order valence-electron chi connectivity index (χ4n) is 0.594. The Morgan fingerprint density at radius 1 is 1.18 bits per heavy atom. The topological polar surface area (TPSA) is 0 Å². The molecular weight excluding hydrogens is 479 g/mol. The summed E-state index contributed by atoms with van der Waals surface area (Å²) in [6.07, 6.45) is 0. The van der Waals surface area contributed by atoms with Gasteiger partial charge in [0.15, 0.2) is 0 Å². The van der Waals surface area contributed by atoms with Crippen molar-refractivity contribution in [2.45, 2.75) is 13.8 Å². The monoisotopic (exact) mass is 484 g/mol. The molecule has 0 spiro atoms. The minimum Gasteiger partial charge on any atom is -1.00 e. The predicted molar refractivity (Wildman–Crippen MR) is 33.6 cm³/mol. The third-order valence-electron chi connectivity index (χ3n) is 1.40. The zero-order chi connectivity index (χ0) is 6.15. The Hall–Kier alpha value is 2.12. The van der Waals surface area contributed by atoms with Gasteiger partial charge >= 0.3 is 77.7 Å². The van der Waals surface area contributed by atoms with Crippen LogP contribution in [0.5, 0.6) is 0 Å². The molecule has 0 fully saturated rings. The summed E-state index contributed by atoms with van der Waals surface area (Å²) in [4.78, 5) is 0. The standard InChI is InChI=1S/C6H7.Bi.3ClH.Zr.H/c1-5(2)6(3)4;;;;;;/h1H,2-3H3;;3*1H;;/q;;;;;+3;/p-3. The SMILES string of the molecule is CC1=[CH][BiH][C]([Zr+3])=C1C.[Cl-].[Cl-].[Cl-]. The van der Waals surface area contributed by atoms with Crippen LogP contribution >= 0.6 is 0 Å². The first kappa shape index (κ1) is 18.8. The first-order valence-electron chi connectivity index (χ1n) is 2.58. The van der Waals surface area contributed by atoms with Crippen molar-refractivity contribution >= 4 is 23.2 Å². The predicted octanol–water partition coefficient (Wildman–Crippen LogP) is -7.87. The van der Waals surface area contributed by atoms with Crippen LogP contribution in [-0.2, 0) is 24.7 Å². The van der Waals surface area contributed by atoms with Gasteiger partial charge in [-0.25, -0.2) is 0 Å². The molecule has 0 aliphatic carbocycles. The molecule has 0 unspecified atom stereocenters. The zero-order valence-electron chi connectivity index (χ0n) is 6.21. The van der Waals surface area contributed by atoms with Gasteiger partial charge in [-0.1, -0.05) is 0 Å². The molecule has 0 saturated heterocycles. The van der Waals surface area contributed by atoms with Gasteiger partial charge in [0.05, 0.1) is 0 Å². The maximum atomic E-state index is 2.50. The van der Waals surface area contributed by atoms with Crippen molar-refractivity contribution < 1.29 is 61.9 Å². The molecule has 0 nitrogen and oxygen atoms in total. The van der Waals surface area contributed by atoms with Crippen molar-refractivity contribution in [2.24, 2.45) is 0 Å². The maximum Gasteiger partial charge on any atom is -1.00 e. The molecule has 0 aromatic rings. The van der Waals surface area contributed by atoms with Crippen molar-refractivity contribution in [2.75, 3.05) is 0 Å². The Labute approximate surface area is 113 Å². The van der Waals surface area contributed by atoms with E-state index >= 15 is 0 Å². The summed E-state index contributed by atoms with van der Waals surface area (Å²) in [6.45, 7) is 4.50. The van der Waals surface area contributed by atoms with E-state index in [1.54, 1.807) is 35.9 Å². The second kappa shape index (κ2) is 8.70. The van der Waals surface area contributed by atoms with Crippen molar-refractivity contribution in [3.8, 4) is 0 Å². The molecule has 11 heavy (non-hydrogen) atoms. The van der Waals surface area contributed by atoms with E-state index in [1.807, 2.05) is 0.989 Å². The smallest absolute Gasteiger partial charge is 1.00 e. The molecule has 0 aromatic heterocycles. The summed E-state index contributed by atoms with van der Waals surface area (Å²) in [5, 5.41) is 0. The van der Waals surface area contributed by atoms with Crippen molar-refractivity contribution in [1.82, 2.24) is 0 Å². The van der Waals surface area contributed by atoms with Gasteiger partial charge in [-0.05, 0) is 0 Å². The largest absolute Gasteiger partial charge is 1.00 e. The summed E-state index contributed by atoms with van der Waals surface area (Å²) in [6, 6.07) is 0. The number of allylic oxidation sites excluding steroid dienone is 2. The van der Waals surface area contributed by atoms with E-state index in [-0.39, 0.29) is 60.5 Å². The fraction of sp³-hybridized carbons (Fsp3) is 0.333. The number of hydrogen-bond donors (Lipinski definition) is 0. The molecule has 0 N–H and O–H groups in total. The van der Waals surface area contributed by atoms with Gasteiger partial charge in [0.2, 0.25) is 0 Å². The summed E-state index contributed by atoms with van der Waals surface area (Å²) < 4.78 is 4.31. The molecule has 1 aliphatic heterocycles. The molecule has 1 heterocycles. The van der Waals surface area contributed by atoms with E-state index in [0.717, 1.165) is 0 Å². The van der Waals surface area contributed by atoms with Crippen LogP contribution in [0.1, 0.15) is 13.8 Å². The summed E-state index contributed by atoms with van der Waals surface area (Å²) >= 11 is 1.37. The molecular formula is C6H8BiCl3Zr. The molecule has 5 heteroatoms. The second-order valence-corrected chi connectivity index (χ2v) is 12.2. The van der Waals surface area contributed by atoms with Gasteiger partial charge in [0.25, 0.3) is 0 Å². The zero-order valence-corrected chi connectivity index (χ0v) is 14.8. The third-order valence-corrected chi connectivity index (χ3v) is 10.3. The Kier molecular flexibility index (Phi) is 14.9. The number of halogens is 3. The van der Waals surface area contributed by atoms with Gasteiger partial charge in [-0.2, -0.15) is 0 Å². The maximum absolute atomic E-state index is 2.50. The Morgan fingerprint density at radius 2 is 1.64 bits per heavy atom. The van der Waals surface area contributed by atoms with Gasteiger partial charge in [0.1, 0.15) is 0 Å². The van der Waals surface area contributed by atoms with Crippen LogP contribution in [0.3, 0.4) is 0 Å². The van der Waals surface area contributed by atoms with Crippen molar-refractivity contribution in [3.63, 3.8) is 0 Å². The van der Waals surface area contributed by atoms with E-state index in [2.05, 4.69) is 17.6 Å².